The number of rotatable bonds is 8. The van der Waals surface area contributed by atoms with Crippen molar-refractivity contribution in [2.24, 2.45) is 5.41 Å². The summed E-state index contributed by atoms with van der Waals surface area (Å²) in [7, 11) is 1.80. The molecule has 1 aliphatic carbocycles. The second-order valence-electron chi connectivity index (χ2n) is 11.5. The zero-order valence-corrected chi connectivity index (χ0v) is 22.1. The van der Waals surface area contributed by atoms with Crippen LogP contribution in [-0.4, -0.2) is 61.7 Å². The molecule has 2 aromatic rings. The number of piperazine rings is 1. The first-order valence-corrected chi connectivity index (χ1v) is 14.0. The number of nitrogens with one attached hydrogen (secondary N) is 1. The number of hydrogen-bond acceptors (Lipinski definition) is 4. The van der Waals surface area contributed by atoms with E-state index in [0.717, 1.165) is 31.3 Å². The fraction of sp³-hybridized carbons (Fsp3) is 0.613. The van der Waals surface area contributed by atoms with Crippen LogP contribution in [0, 0.1) is 5.41 Å². The monoisotopic (exact) mass is 475 g/mol. The third-order valence-corrected chi connectivity index (χ3v) is 9.27. The molecule has 2 unspecified atom stereocenters. The van der Waals surface area contributed by atoms with Crippen LogP contribution in [-0.2, 0) is 13.0 Å². The van der Waals surface area contributed by atoms with Gasteiger partial charge < -0.3 is 10.1 Å². The van der Waals surface area contributed by atoms with Gasteiger partial charge in [-0.15, -0.1) is 0 Å². The minimum absolute atomic E-state index is 0.567. The van der Waals surface area contributed by atoms with Crippen LogP contribution < -0.4 is 10.1 Å². The molecule has 0 amide bonds. The maximum Gasteiger partial charge on any atom is 0.122 e. The van der Waals surface area contributed by atoms with E-state index in [2.05, 4.69) is 77.5 Å². The molecular weight excluding hydrogens is 430 g/mol. The Morgan fingerprint density at radius 3 is 2.54 bits per heavy atom. The van der Waals surface area contributed by atoms with Gasteiger partial charge in [0.15, 0.2) is 0 Å². The van der Waals surface area contributed by atoms with Crippen LogP contribution in [0.1, 0.15) is 68.6 Å². The second-order valence-corrected chi connectivity index (χ2v) is 11.5. The first-order valence-electron chi connectivity index (χ1n) is 14.0. The van der Waals surface area contributed by atoms with Crippen LogP contribution in [0.25, 0.3) is 0 Å². The zero-order chi connectivity index (χ0) is 24.3. The molecule has 0 aromatic heterocycles. The Hall–Kier alpha value is -1.88. The Kier molecular flexibility index (Phi) is 7.81. The van der Waals surface area contributed by atoms with E-state index in [9.17, 15) is 0 Å². The van der Waals surface area contributed by atoms with Crippen molar-refractivity contribution in [3.8, 4) is 5.75 Å². The first-order chi connectivity index (χ1) is 17.1. The molecule has 2 heterocycles. The maximum atomic E-state index is 5.71. The molecule has 3 aliphatic rings. The van der Waals surface area contributed by atoms with E-state index in [0.29, 0.717) is 17.4 Å². The van der Waals surface area contributed by atoms with E-state index in [-0.39, 0.29) is 0 Å². The zero-order valence-electron chi connectivity index (χ0n) is 22.1. The molecule has 5 rings (SSSR count). The third kappa shape index (κ3) is 5.60. The van der Waals surface area contributed by atoms with E-state index in [4.69, 9.17) is 4.74 Å². The van der Waals surface area contributed by atoms with Crippen molar-refractivity contribution in [1.29, 1.82) is 0 Å². The predicted octanol–water partition coefficient (Wildman–Crippen LogP) is 5.47. The summed E-state index contributed by atoms with van der Waals surface area (Å²) < 4.78 is 5.71. The molecule has 2 aromatic carbocycles. The summed E-state index contributed by atoms with van der Waals surface area (Å²) in [5, 5.41) is 3.56. The van der Waals surface area contributed by atoms with Gasteiger partial charge in [-0.25, -0.2) is 0 Å². The van der Waals surface area contributed by atoms with Crippen LogP contribution >= 0.6 is 0 Å². The summed E-state index contributed by atoms with van der Waals surface area (Å²) in [6.45, 7) is 11.6. The summed E-state index contributed by atoms with van der Waals surface area (Å²) in [6.07, 6.45) is 7.84. The van der Waals surface area contributed by atoms with Crippen LogP contribution in [0.4, 0.5) is 0 Å². The largest absolute Gasteiger partial charge is 0.496 e. The van der Waals surface area contributed by atoms with Crippen LogP contribution in [0.5, 0.6) is 5.75 Å². The highest BCUT2D eigenvalue weighted by atomic mass is 16.5. The quantitative estimate of drug-likeness (QED) is 0.548. The summed E-state index contributed by atoms with van der Waals surface area (Å²) in [5.41, 5.74) is 4.79. The standard InChI is InChI=1S/C31H45N3O/c1-4-26-11-10-25(19-30(26)35-3)22-33-16-17-34(29-20-31(21-29)12-14-32-15-13-31)23-28(33)18-24(2)27-8-6-5-7-9-27/h5-11,19,24,28-29,32H,4,12-18,20-23H2,1-3H3. The molecule has 2 saturated heterocycles. The molecular formula is C31H45N3O. The Morgan fingerprint density at radius 2 is 1.83 bits per heavy atom. The number of benzene rings is 2. The molecule has 4 heteroatoms. The van der Waals surface area contributed by atoms with Gasteiger partial charge >= 0.3 is 0 Å². The van der Waals surface area contributed by atoms with Crippen molar-refractivity contribution in [3.63, 3.8) is 0 Å². The fourth-order valence-electron chi connectivity index (χ4n) is 6.98. The maximum absolute atomic E-state index is 5.71. The summed E-state index contributed by atoms with van der Waals surface area (Å²) >= 11 is 0. The van der Waals surface area contributed by atoms with E-state index >= 15 is 0 Å². The average Bonchev–Trinajstić information content (AvgIpc) is 2.89. The number of nitrogens with zero attached hydrogens (tertiary/aromatic N) is 2. The van der Waals surface area contributed by atoms with Crippen molar-refractivity contribution in [3.05, 3.63) is 65.2 Å². The molecule has 2 atom stereocenters. The molecule has 1 saturated carbocycles. The number of methoxy groups -OCH3 is 1. The van der Waals surface area contributed by atoms with Gasteiger partial charge in [0.25, 0.3) is 0 Å². The Labute approximate surface area is 213 Å². The van der Waals surface area contributed by atoms with E-state index in [1.807, 2.05) is 0 Å². The van der Waals surface area contributed by atoms with Gasteiger partial charge in [-0.2, -0.15) is 0 Å². The fourth-order valence-corrected chi connectivity index (χ4v) is 6.98. The number of ether oxygens (including phenoxy) is 1. The topological polar surface area (TPSA) is 27.7 Å². The van der Waals surface area contributed by atoms with Gasteiger partial charge in [0.2, 0.25) is 0 Å². The highest BCUT2D eigenvalue weighted by Crippen LogP contribution is 2.50. The van der Waals surface area contributed by atoms with Crippen molar-refractivity contribution in [1.82, 2.24) is 15.1 Å². The van der Waals surface area contributed by atoms with Gasteiger partial charge in [-0.1, -0.05) is 56.3 Å². The number of hydrogen-bond donors (Lipinski definition) is 1. The Morgan fingerprint density at radius 1 is 1.06 bits per heavy atom. The number of aryl methyl sites for hydroxylation is 1. The highest BCUT2D eigenvalue weighted by molar-refractivity contribution is 5.37. The number of piperidine rings is 1. The minimum atomic E-state index is 0.567. The smallest absolute Gasteiger partial charge is 0.122 e. The lowest BCUT2D eigenvalue weighted by molar-refractivity contribution is -0.0545. The van der Waals surface area contributed by atoms with Gasteiger partial charge in [0.05, 0.1) is 7.11 Å². The lowest BCUT2D eigenvalue weighted by atomic mass is 9.60. The SMILES string of the molecule is CCc1ccc(CN2CCN(C3CC4(CCNCC4)C3)CC2CC(C)c2ccccc2)cc1OC. The Bertz CT molecular complexity index is 947. The summed E-state index contributed by atoms with van der Waals surface area (Å²) in [4.78, 5) is 5.61. The predicted molar refractivity (Wildman–Crippen MR) is 145 cm³/mol. The molecule has 3 fully saturated rings. The van der Waals surface area contributed by atoms with E-state index in [1.165, 1.54) is 75.0 Å². The molecule has 1 spiro atoms. The minimum Gasteiger partial charge on any atom is -0.496 e. The van der Waals surface area contributed by atoms with Crippen molar-refractivity contribution >= 4 is 0 Å². The molecule has 1 N–H and O–H groups in total. The van der Waals surface area contributed by atoms with Crippen LogP contribution in [0.3, 0.4) is 0 Å². The molecule has 35 heavy (non-hydrogen) atoms. The van der Waals surface area contributed by atoms with Crippen molar-refractivity contribution in [2.45, 2.75) is 76.9 Å². The molecule has 2 aliphatic heterocycles. The average molecular weight is 476 g/mol. The van der Waals surface area contributed by atoms with E-state index < -0.39 is 0 Å². The van der Waals surface area contributed by atoms with Gasteiger partial charge in [-0.3, -0.25) is 9.80 Å². The lowest BCUT2D eigenvalue weighted by Gasteiger charge is -2.56. The normalized spacial score (nSPS) is 24.3. The van der Waals surface area contributed by atoms with Crippen molar-refractivity contribution in [2.75, 3.05) is 39.8 Å². The van der Waals surface area contributed by atoms with Crippen LogP contribution in [0.2, 0.25) is 0 Å². The Balaban J connectivity index is 1.28. The van der Waals surface area contributed by atoms with Gasteiger partial charge in [-0.05, 0) is 85.7 Å². The summed E-state index contributed by atoms with van der Waals surface area (Å²) in [5.74, 6) is 1.61. The van der Waals surface area contributed by atoms with Crippen molar-refractivity contribution < 1.29 is 4.74 Å². The first kappa shape index (κ1) is 24.8. The molecule has 0 radical (unpaired) electrons. The molecule has 0 bridgehead atoms. The van der Waals surface area contributed by atoms with Gasteiger partial charge in [0, 0.05) is 38.3 Å². The van der Waals surface area contributed by atoms with Crippen LogP contribution in [0.15, 0.2) is 48.5 Å². The lowest BCUT2D eigenvalue weighted by Crippen LogP contribution is -2.61. The molecule has 190 valence electrons. The summed E-state index contributed by atoms with van der Waals surface area (Å²) in [6, 6.07) is 19.3. The van der Waals surface area contributed by atoms with E-state index in [1.54, 1.807) is 7.11 Å². The molecule has 4 nitrogen and oxygen atoms in total. The second kappa shape index (κ2) is 11.0. The third-order valence-electron chi connectivity index (χ3n) is 9.27. The van der Waals surface area contributed by atoms with Gasteiger partial charge in [0.1, 0.15) is 5.75 Å². The highest BCUT2D eigenvalue weighted by Gasteiger charge is 2.47.